The van der Waals surface area contributed by atoms with Gasteiger partial charge >= 0.3 is 12.2 Å². The first-order chi connectivity index (χ1) is 13.9. The van der Waals surface area contributed by atoms with E-state index in [1.807, 2.05) is 6.07 Å². The molecular weight excluding hydrogens is 403 g/mol. The number of anilines is 1. The van der Waals surface area contributed by atoms with Crippen molar-refractivity contribution < 1.29 is 18.0 Å². The van der Waals surface area contributed by atoms with Crippen LogP contribution in [-0.2, 0) is 12.7 Å². The zero-order valence-corrected chi connectivity index (χ0v) is 16.7. The normalized spacial score (nSPS) is 16.0. The molecule has 1 aromatic heterocycles. The molecule has 0 atom stereocenters. The number of halogens is 3. The Hall–Kier alpha value is -2.17. The van der Waals surface area contributed by atoms with Crippen LogP contribution in [0.4, 0.5) is 23.1 Å². The van der Waals surface area contributed by atoms with Crippen molar-refractivity contribution in [1.29, 1.82) is 0 Å². The van der Waals surface area contributed by atoms with Gasteiger partial charge in [0.1, 0.15) is 0 Å². The summed E-state index contributed by atoms with van der Waals surface area (Å²) in [4.78, 5) is 19.9. The summed E-state index contributed by atoms with van der Waals surface area (Å²) >= 11 is 0.751. The fraction of sp³-hybridized carbons (Fsp3) is 0.474. The van der Waals surface area contributed by atoms with Crippen LogP contribution in [-0.4, -0.2) is 60.1 Å². The highest BCUT2D eigenvalue weighted by atomic mass is 32.1. The number of urea groups is 1. The van der Waals surface area contributed by atoms with Crippen molar-refractivity contribution in [2.24, 2.45) is 0 Å². The van der Waals surface area contributed by atoms with Gasteiger partial charge in [-0.15, -0.1) is 11.3 Å². The van der Waals surface area contributed by atoms with Crippen molar-refractivity contribution in [3.05, 3.63) is 47.0 Å². The van der Waals surface area contributed by atoms with Crippen LogP contribution >= 0.6 is 11.3 Å². The Labute approximate surface area is 171 Å². The molecule has 0 spiro atoms. The number of alkyl halides is 3. The molecule has 2 heterocycles. The lowest BCUT2D eigenvalue weighted by Gasteiger charge is -2.34. The fourth-order valence-corrected chi connectivity index (χ4v) is 3.83. The van der Waals surface area contributed by atoms with E-state index in [0.29, 0.717) is 6.54 Å². The Balaban J connectivity index is 1.28. The van der Waals surface area contributed by atoms with Crippen LogP contribution in [0.25, 0.3) is 0 Å². The van der Waals surface area contributed by atoms with Crippen molar-refractivity contribution >= 4 is 22.5 Å². The Morgan fingerprint density at radius 1 is 1.10 bits per heavy atom. The second-order valence-corrected chi connectivity index (χ2v) is 7.73. The Morgan fingerprint density at radius 2 is 1.79 bits per heavy atom. The summed E-state index contributed by atoms with van der Waals surface area (Å²) < 4.78 is 37.5. The van der Waals surface area contributed by atoms with Crippen LogP contribution < -0.4 is 10.6 Å². The Kier molecular flexibility index (Phi) is 7.45. The molecule has 6 nitrogen and oxygen atoms in total. The number of benzene rings is 1. The molecule has 158 valence electrons. The van der Waals surface area contributed by atoms with Gasteiger partial charge in [0.2, 0.25) is 0 Å². The molecule has 2 amide bonds. The first-order valence-corrected chi connectivity index (χ1v) is 10.3. The zero-order valence-electron chi connectivity index (χ0n) is 15.9. The third-order valence-corrected chi connectivity index (χ3v) is 5.42. The highest BCUT2D eigenvalue weighted by molar-refractivity contribution is 7.13. The van der Waals surface area contributed by atoms with E-state index in [-0.39, 0.29) is 5.13 Å². The smallest absolute Gasteiger partial charge is 0.338 e. The van der Waals surface area contributed by atoms with Gasteiger partial charge in [0, 0.05) is 44.6 Å². The summed E-state index contributed by atoms with van der Waals surface area (Å²) in [6, 6.07) is 9.86. The average molecular weight is 427 g/mol. The molecule has 2 N–H and O–H groups in total. The van der Waals surface area contributed by atoms with E-state index in [1.54, 1.807) is 0 Å². The maximum absolute atomic E-state index is 12.5. The van der Waals surface area contributed by atoms with E-state index in [4.69, 9.17) is 0 Å². The topological polar surface area (TPSA) is 60.5 Å². The van der Waals surface area contributed by atoms with E-state index in [9.17, 15) is 18.0 Å². The molecule has 29 heavy (non-hydrogen) atoms. The summed E-state index contributed by atoms with van der Waals surface area (Å²) in [5, 5.41) is 5.81. The quantitative estimate of drug-likeness (QED) is 0.664. The number of nitrogens with zero attached hydrogens (tertiary/aromatic N) is 3. The third kappa shape index (κ3) is 6.98. The number of hydrogen-bond donors (Lipinski definition) is 2. The summed E-state index contributed by atoms with van der Waals surface area (Å²) in [5.74, 6) is 0. The Morgan fingerprint density at radius 3 is 2.45 bits per heavy atom. The minimum absolute atomic E-state index is 0.0654. The molecule has 1 aromatic carbocycles. The Bertz CT molecular complexity index is 776. The standard InChI is InChI=1S/C19H24F3N5OS/c20-19(21,22)16-14-29-18(24-16)25-17(28)23-7-4-8-26-9-11-27(12-10-26)13-15-5-2-1-3-6-15/h1-3,5-6,14H,4,7-13H2,(H2,23,24,25,28). The van der Waals surface area contributed by atoms with Crippen LogP contribution in [0.15, 0.2) is 35.7 Å². The maximum Gasteiger partial charge on any atom is 0.434 e. The molecule has 1 fully saturated rings. The van der Waals surface area contributed by atoms with Crippen LogP contribution in [0.5, 0.6) is 0 Å². The molecule has 0 radical (unpaired) electrons. The zero-order chi connectivity index (χ0) is 20.7. The molecule has 2 aromatic rings. The first kappa shape index (κ1) is 21.5. The molecular formula is C19H24F3N5OS. The maximum atomic E-state index is 12.5. The number of piperazine rings is 1. The van der Waals surface area contributed by atoms with Crippen molar-refractivity contribution in [2.75, 3.05) is 44.6 Å². The second-order valence-electron chi connectivity index (χ2n) is 6.87. The molecule has 0 saturated carbocycles. The number of amides is 2. The van der Waals surface area contributed by atoms with Crippen LogP contribution in [0.3, 0.4) is 0 Å². The van der Waals surface area contributed by atoms with E-state index in [2.05, 4.69) is 49.7 Å². The van der Waals surface area contributed by atoms with E-state index in [0.717, 1.165) is 62.4 Å². The molecule has 0 bridgehead atoms. The van der Waals surface area contributed by atoms with Crippen molar-refractivity contribution in [1.82, 2.24) is 20.1 Å². The van der Waals surface area contributed by atoms with Gasteiger partial charge in [-0.1, -0.05) is 30.3 Å². The monoisotopic (exact) mass is 427 g/mol. The van der Waals surface area contributed by atoms with Gasteiger partial charge < -0.3 is 10.2 Å². The number of nitrogens with one attached hydrogen (secondary N) is 2. The van der Waals surface area contributed by atoms with Crippen molar-refractivity contribution in [3.63, 3.8) is 0 Å². The average Bonchev–Trinajstić information content (AvgIpc) is 3.16. The number of aromatic nitrogens is 1. The van der Waals surface area contributed by atoms with Gasteiger partial charge in [-0.25, -0.2) is 9.78 Å². The van der Waals surface area contributed by atoms with E-state index < -0.39 is 17.9 Å². The molecule has 1 aliphatic heterocycles. The first-order valence-electron chi connectivity index (χ1n) is 9.46. The minimum atomic E-state index is -4.50. The lowest BCUT2D eigenvalue weighted by molar-refractivity contribution is -0.140. The van der Waals surface area contributed by atoms with Gasteiger partial charge in [0.15, 0.2) is 10.8 Å². The highest BCUT2D eigenvalue weighted by Gasteiger charge is 2.33. The SMILES string of the molecule is O=C(NCCCN1CCN(Cc2ccccc2)CC1)Nc1nc(C(F)(F)F)cs1. The minimum Gasteiger partial charge on any atom is -0.338 e. The lowest BCUT2D eigenvalue weighted by Crippen LogP contribution is -2.46. The van der Waals surface area contributed by atoms with Crippen LogP contribution in [0.1, 0.15) is 17.7 Å². The van der Waals surface area contributed by atoms with E-state index >= 15 is 0 Å². The predicted octanol–water partition coefficient (Wildman–Crippen LogP) is 3.49. The van der Waals surface area contributed by atoms with Gasteiger partial charge in [0.05, 0.1) is 0 Å². The highest BCUT2D eigenvalue weighted by Crippen LogP contribution is 2.31. The summed E-state index contributed by atoms with van der Waals surface area (Å²) in [7, 11) is 0. The molecule has 3 rings (SSSR count). The summed E-state index contributed by atoms with van der Waals surface area (Å²) in [5.41, 5.74) is 0.322. The third-order valence-electron chi connectivity index (χ3n) is 4.67. The molecule has 1 aliphatic rings. The van der Waals surface area contributed by atoms with Gasteiger partial charge in [-0.3, -0.25) is 10.2 Å². The van der Waals surface area contributed by atoms with Gasteiger partial charge in [-0.2, -0.15) is 13.2 Å². The van der Waals surface area contributed by atoms with Gasteiger partial charge in [-0.05, 0) is 18.5 Å². The lowest BCUT2D eigenvalue weighted by atomic mass is 10.2. The van der Waals surface area contributed by atoms with Crippen molar-refractivity contribution in [3.8, 4) is 0 Å². The predicted molar refractivity (Wildman–Crippen MR) is 107 cm³/mol. The number of carbonyl (C=O) groups excluding carboxylic acids is 1. The molecule has 0 unspecified atom stereocenters. The number of hydrogen-bond acceptors (Lipinski definition) is 5. The van der Waals surface area contributed by atoms with Crippen LogP contribution in [0, 0.1) is 0 Å². The number of carbonyl (C=O) groups is 1. The van der Waals surface area contributed by atoms with Crippen molar-refractivity contribution in [2.45, 2.75) is 19.1 Å². The largest absolute Gasteiger partial charge is 0.434 e. The number of thiazole rings is 1. The molecule has 0 aliphatic carbocycles. The summed E-state index contributed by atoms with van der Waals surface area (Å²) in [6.07, 6.45) is -3.73. The molecule has 1 saturated heterocycles. The number of rotatable bonds is 7. The van der Waals surface area contributed by atoms with Gasteiger partial charge in [0.25, 0.3) is 0 Å². The van der Waals surface area contributed by atoms with Crippen LogP contribution in [0.2, 0.25) is 0 Å². The van der Waals surface area contributed by atoms with E-state index in [1.165, 1.54) is 5.56 Å². The summed E-state index contributed by atoms with van der Waals surface area (Å²) in [6.45, 7) is 6.27. The molecule has 10 heteroatoms. The fourth-order valence-electron chi connectivity index (χ4n) is 3.12. The second kappa shape index (κ2) is 10.0.